The first-order valence-electron chi connectivity index (χ1n) is 6.98. The van der Waals surface area contributed by atoms with E-state index in [0.717, 1.165) is 12.3 Å². The number of rotatable bonds is 6. The minimum absolute atomic E-state index is 1.02. The van der Waals surface area contributed by atoms with Crippen molar-refractivity contribution >= 4 is 12.6 Å². The van der Waals surface area contributed by atoms with Crippen molar-refractivity contribution in [1.29, 1.82) is 0 Å². The Bertz CT molecular complexity index is 321. The molecule has 1 fully saturated rings. The van der Waals surface area contributed by atoms with Crippen molar-refractivity contribution in [1.82, 2.24) is 9.80 Å². The molecule has 1 aromatic rings. The number of thiol groups is 1. The van der Waals surface area contributed by atoms with Crippen molar-refractivity contribution in [3.63, 3.8) is 0 Å². The Labute approximate surface area is 116 Å². The number of hydrogen-bond acceptors (Lipinski definition) is 3. The van der Waals surface area contributed by atoms with E-state index in [-0.39, 0.29) is 0 Å². The molecule has 0 saturated carbocycles. The molecule has 18 heavy (non-hydrogen) atoms. The zero-order chi connectivity index (χ0) is 12.6. The van der Waals surface area contributed by atoms with Gasteiger partial charge in [0.25, 0.3) is 0 Å². The third-order valence-electron chi connectivity index (χ3n) is 3.60. The van der Waals surface area contributed by atoms with Gasteiger partial charge in [0.1, 0.15) is 0 Å². The molecule has 0 aromatic heterocycles. The lowest BCUT2D eigenvalue weighted by atomic mass is 10.2. The second-order valence-corrected chi connectivity index (χ2v) is 5.48. The van der Waals surface area contributed by atoms with Gasteiger partial charge in [0.15, 0.2) is 0 Å². The Morgan fingerprint density at radius 2 is 1.56 bits per heavy atom. The van der Waals surface area contributed by atoms with Gasteiger partial charge in [-0.25, -0.2) is 0 Å². The third-order valence-corrected chi connectivity index (χ3v) is 3.91. The fraction of sp³-hybridized carbons (Fsp3) is 0.600. The SMILES string of the molecule is SCCCCN1CCN(Cc2ccccc2)CC1. The molecule has 1 heterocycles. The highest BCUT2D eigenvalue weighted by Gasteiger charge is 2.16. The summed E-state index contributed by atoms with van der Waals surface area (Å²) in [6, 6.07) is 10.8. The molecule has 3 heteroatoms. The van der Waals surface area contributed by atoms with Crippen LogP contribution in [0.2, 0.25) is 0 Å². The van der Waals surface area contributed by atoms with Crippen LogP contribution in [0.3, 0.4) is 0 Å². The van der Waals surface area contributed by atoms with Gasteiger partial charge in [-0.15, -0.1) is 0 Å². The van der Waals surface area contributed by atoms with E-state index in [1.54, 1.807) is 0 Å². The Balaban J connectivity index is 1.67. The van der Waals surface area contributed by atoms with Crippen molar-refractivity contribution < 1.29 is 0 Å². The summed E-state index contributed by atoms with van der Waals surface area (Å²) in [4.78, 5) is 5.15. The summed E-state index contributed by atoms with van der Waals surface area (Å²) in [5.41, 5.74) is 1.43. The predicted molar refractivity (Wildman–Crippen MR) is 81.2 cm³/mol. The summed E-state index contributed by atoms with van der Waals surface area (Å²) < 4.78 is 0. The standard InChI is InChI=1S/C15H24N2S/c18-13-5-4-8-16-9-11-17(12-10-16)14-15-6-2-1-3-7-15/h1-3,6-7,18H,4-5,8-14H2. The Morgan fingerprint density at radius 3 is 2.22 bits per heavy atom. The fourth-order valence-corrected chi connectivity index (χ4v) is 2.68. The van der Waals surface area contributed by atoms with E-state index in [2.05, 4.69) is 52.8 Å². The Morgan fingerprint density at radius 1 is 0.889 bits per heavy atom. The quantitative estimate of drug-likeness (QED) is 0.623. The maximum atomic E-state index is 4.26. The zero-order valence-corrected chi connectivity index (χ0v) is 12.0. The van der Waals surface area contributed by atoms with E-state index in [1.165, 1.54) is 51.1 Å². The van der Waals surface area contributed by atoms with Gasteiger partial charge >= 0.3 is 0 Å². The van der Waals surface area contributed by atoms with E-state index in [9.17, 15) is 0 Å². The fourth-order valence-electron chi connectivity index (χ4n) is 2.46. The normalized spacial score (nSPS) is 18.1. The molecule has 1 aromatic carbocycles. The monoisotopic (exact) mass is 264 g/mol. The molecule has 0 unspecified atom stereocenters. The topological polar surface area (TPSA) is 6.48 Å². The van der Waals surface area contributed by atoms with E-state index in [0.29, 0.717) is 0 Å². The van der Waals surface area contributed by atoms with Crippen molar-refractivity contribution in [2.75, 3.05) is 38.5 Å². The van der Waals surface area contributed by atoms with Crippen molar-refractivity contribution in [3.8, 4) is 0 Å². The van der Waals surface area contributed by atoms with Crippen LogP contribution in [0.15, 0.2) is 30.3 Å². The molecule has 0 spiro atoms. The summed E-state index contributed by atoms with van der Waals surface area (Å²) in [6.45, 7) is 7.20. The van der Waals surface area contributed by atoms with Crippen LogP contribution in [-0.2, 0) is 6.54 Å². The van der Waals surface area contributed by atoms with Crippen LogP contribution in [0.25, 0.3) is 0 Å². The van der Waals surface area contributed by atoms with Crippen LogP contribution in [0.4, 0.5) is 0 Å². The molecule has 1 saturated heterocycles. The molecule has 2 nitrogen and oxygen atoms in total. The molecule has 0 atom stereocenters. The average molecular weight is 264 g/mol. The maximum Gasteiger partial charge on any atom is 0.0234 e. The number of piperazine rings is 1. The lowest BCUT2D eigenvalue weighted by Gasteiger charge is -2.34. The van der Waals surface area contributed by atoms with Gasteiger partial charge < -0.3 is 4.90 Å². The Kier molecular flexibility index (Phi) is 6.05. The summed E-state index contributed by atoms with van der Waals surface area (Å²) in [5, 5.41) is 0. The zero-order valence-electron chi connectivity index (χ0n) is 11.1. The summed E-state index contributed by atoms with van der Waals surface area (Å²) >= 11 is 4.26. The summed E-state index contributed by atoms with van der Waals surface area (Å²) in [6.07, 6.45) is 2.54. The molecule has 1 aliphatic heterocycles. The Hall–Kier alpha value is -0.510. The van der Waals surface area contributed by atoms with Crippen LogP contribution in [0.5, 0.6) is 0 Å². The molecule has 0 aliphatic carbocycles. The molecule has 0 N–H and O–H groups in total. The highest BCUT2D eigenvalue weighted by molar-refractivity contribution is 7.80. The molecule has 100 valence electrons. The third kappa shape index (κ3) is 4.63. The predicted octanol–water partition coefficient (Wildman–Crippen LogP) is 2.51. The summed E-state index contributed by atoms with van der Waals surface area (Å²) in [7, 11) is 0. The van der Waals surface area contributed by atoms with Crippen LogP contribution < -0.4 is 0 Å². The van der Waals surface area contributed by atoms with Gasteiger partial charge in [-0.3, -0.25) is 4.90 Å². The molecule has 1 aliphatic rings. The van der Waals surface area contributed by atoms with Crippen molar-refractivity contribution in [2.45, 2.75) is 19.4 Å². The van der Waals surface area contributed by atoms with Gasteiger partial charge in [-0.2, -0.15) is 12.6 Å². The average Bonchev–Trinajstić information content (AvgIpc) is 2.42. The van der Waals surface area contributed by atoms with Crippen LogP contribution in [0.1, 0.15) is 18.4 Å². The van der Waals surface area contributed by atoms with E-state index in [1.807, 2.05) is 0 Å². The van der Waals surface area contributed by atoms with Crippen molar-refractivity contribution in [2.24, 2.45) is 0 Å². The maximum absolute atomic E-state index is 4.26. The number of unbranched alkanes of at least 4 members (excludes halogenated alkanes) is 1. The minimum atomic E-state index is 1.02. The van der Waals surface area contributed by atoms with Crippen LogP contribution in [0, 0.1) is 0 Å². The number of nitrogens with zero attached hydrogens (tertiary/aromatic N) is 2. The first-order chi connectivity index (χ1) is 8.88. The largest absolute Gasteiger partial charge is 0.301 e. The highest BCUT2D eigenvalue weighted by Crippen LogP contribution is 2.09. The van der Waals surface area contributed by atoms with Gasteiger partial charge in [0, 0.05) is 32.7 Å². The molecule has 0 bridgehead atoms. The summed E-state index contributed by atoms with van der Waals surface area (Å²) in [5.74, 6) is 1.02. The van der Waals surface area contributed by atoms with Gasteiger partial charge in [-0.1, -0.05) is 30.3 Å². The lowest BCUT2D eigenvalue weighted by molar-refractivity contribution is 0.126. The van der Waals surface area contributed by atoms with Gasteiger partial charge in [-0.05, 0) is 30.7 Å². The smallest absolute Gasteiger partial charge is 0.0234 e. The van der Waals surface area contributed by atoms with Crippen LogP contribution in [-0.4, -0.2) is 48.3 Å². The van der Waals surface area contributed by atoms with Crippen LogP contribution >= 0.6 is 12.6 Å². The molecule has 2 rings (SSSR count). The molecule has 0 radical (unpaired) electrons. The molecular formula is C15H24N2S. The first-order valence-corrected chi connectivity index (χ1v) is 7.61. The number of benzene rings is 1. The van der Waals surface area contributed by atoms with Gasteiger partial charge in [0.2, 0.25) is 0 Å². The second kappa shape index (κ2) is 7.82. The van der Waals surface area contributed by atoms with E-state index >= 15 is 0 Å². The lowest BCUT2D eigenvalue weighted by Crippen LogP contribution is -2.46. The second-order valence-electron chi connectivity index (χ2n) is 5.03. The molecule has 0 amide bonds. The highest BCUT2D eigenvalue weighted by atomic mass is 32.1. The molecular weight excluding hydrogens is 240 g/mol. The number of hydrogen-bond donors (Lipinski definition) is 1. The minimum Gasteiger partial charge on any atom is -0.301 e. The van der Waals surface area contributed by atoms with Gasteiger partial charge in [0.05, 0.1) is 0 Å². The van der Waals surface area contributed by atoms with Crippen molar-refractivity contribution in [3.05, 3.63) is 35.9 Å². The van der Waals surface area contributed by atoms with E-state index < -0.39 is 0 Å². The van der Waals surface area contributed by atoms with E-state index in [4.69, 9.17) is 0 Å². The first kappa shape index (κ1) is 13.9.